The maximum atomic E-state index is 12.5. The fourth-order valence-corrected chi connectivity index (χ4v) is 10.8. The van der Waals surface area contributed by atoms with E-state index in [1.54, 1.807) is 0 Å². The fourth-order valence-electron chi connectivity index (χ4n) is 10.8. The molecule has 75 heavy (non-hydrogen) atoms. The van der Waals surface area contributed by atoms with Gasteiger partial charge in [0.25, 0.3) is 0 Å². The van der Waals surface area contributed by atoms with Crippen molar-refractivity contribution >= 4 is 11.9 Å². The van der Waals surface area contributed by atoms with Crippen LogP contribution in [0.25, 0.3) is 0 Å². The molecule has 0 aliphatic heterocycles. The Morgan fingerprint density at radius 1 is 0.373 bits per heavy atom. The first kappa shape index (κ1) is 73.3. The highest BCUT2D eigenvalue weighted by molar-refractivity contribution is 5.76. The second-order valence-corrected chi connectivity index (χ2v) is 23.5. The summed E-state index contributed by atoms with van der Waals surface area (Å²) in [5.74, 6) is -0.0185. The number of aliphatic hydroxyl groups is 2. The lowest BCUT2D eigenvalue weighted by atomic mass is 10.0. The van der Waals surface area contributed by atoms with E-state index in [4.69, 9.17) is 4.74 Å². The van der Waals surface area contributed by atoms with Gasteiger partial charge in [-0.25, -0.2) is 0 Å². The minimum Gasteiger partial charge on any atom is -0.466 e. The third-order valence-electron chi connectivity index (χ3n) is 16.0. The molecule has 6 nitrogen and oxygen atoms in total. The molecule has 2 atom stereocenters. The molecule has 0 aliphatic carbocycles. The topological polar surface area (TPSA) is 95.9 Å². The van der Waals surface area contributed by atoms with Crippen LogP contribution in [0.4, 0.5) is 0 Å². The third kappa shape index (κ3) is 61.4. The molecule has 0 aliphatic rings. The van der Waals surface area contributed by atoms with Crippen LogP contribution in [0, 0.1) is 0 Å². The summed E-state index contributed by atoms with van der Waals surface area (Å²) in [6, 6.07) is -0.541. The number of amides is 1. The second-order valence-electron chi connectivity index (χ2n) is 23.5. The molecule has 2 unspecified atom stereocenters. The van der Waals surface area contributed by atoms with E-state index >= 15 is 0 Å². The van der Waals surface area contributed by atoms with Crippen LogP contribution >= 0.6 is 0 Å². The lowest BCUT2D eigenvalue weighted by molar-refractivity contribution is -0.143. The average Bonchev–Trinajstić information content (AvgIpc) is 3.41. The molecule has 0 rings (SSSR count). The molecule has 0 radical (unpaired) electrons. The molecule has 6 heteroatoms. The van der Waals surface area contributed by atoms with Gasteiger partial charge in [-0.3, -0.25) is 9.59 Å². The van der Waals surface area contributed by atoms with Crippen LogP contribution in [-0.4, -0.2) is 47.4 Å². The molecule has 0 bridgehead atoms. The molecule has 0 heterocycles. The van der Waals surface area contributed by atoms with Gasteiger partial charge in [-0.1, -0.05) is 334 Å². The summed E-state index contributed by atoms with van der Waals surface area (Å²) < 4.78 is 5.50. The zero-order chi connectivity index (χ0) is 54.3. The Hall–Kier alpha value is -1.66. The van der Waals surface area contributed by atoms with Crippen molar-refractivity contribution in [1.82, 2.24) is 5.32 Å². The van der Waals surface area contributed by atoms with E-state index in [9.17, 15) is 19.8 Å². The molecule has 0 spiro atoms. The molecule has 0 aromatic heterocycles. The second kappa shape index (κ2) is 64.9. The van der Waals surface area contributed by atoms with Gasteiger partial charge in [0.15, 0.2) is 0 Å². The lowest BCUT2D eigenvalue weighted by Gasteiger charge is -2.22. The minimum atomic E-state index is -0.663. The summed E-state index contributed by atoms with van der Waals surface area (Å²) in [6.07, 6.45) is 80.8. The van der Waals surface area contributed by atoms with E-state index in [0.29, 0.717) is 25.9 Å². The lowest BCUT2D eigenvalue weighted by Crippen LogP contribution is -2.45. The van der Waals surface area contributed by atoms with Crippen molar-refractivity contribution in [2.45, 2.75) is 392 Å². The Morgan fingerprint density at radius 3 is 1.01 bits per heavy atom. The SMILES string of the molecule is CCCCCCCCCCCCCCCCCCCCC(=O)OCCCCCCCCCCC/C=C\C/C=C\CCCCCCCCCCCCCCCC(=O)NC(CO)C(O)CCCCCCCCCCCCC. The van der Waals surface area contributed by atoms with E-state index < -0.39 is 12.1 Å². The van der Waals surface area contributed by atoms with Crippen molar-refractivity contribution in [3.05, 3.63) is 24.3 Å². The van der Waals surface area contributed by atoms with Crippen LogP contribution in [0.3, 0.4) is 0 Å². The van der Waals surface area contributed by atoms with Crippen LogP contribution in [-0.2, 0) is 14.3 Å². The quantitative estimate of drug-likeness (QED) is 0.0320. The van der Waals surface area contributed by atoms with Gasteiger partial charge in [-0.15, -0.1) is 0 Å². The number of nitrogens with one attached hydrogen (secondary N) is 1. The van der Waals surface area contributed by atoms with E-state index in [1.165, 1.54) is 302 Å². The highest BCUT2D eigenvalue weighted by Crippen LogP contribution is 2.18. The number of ether oxygens (including phenoxy) is 1. The summed E-state index contributed by atoms with van der Waals surface area (Å²) in [7, 11) is 0. The monoisotopic (exact) mass is 1060 g/mol. The Bertz CT molecular complexity index is 1170. The largest absolute Gasteiger partial charge is 0.466 e. The van der Waals surface area contributed by atoms with Crippen LogP contribution in [0.5, 0.6) is 0 Å². The van der Waals surface area contributed by atoms with E-state index in [1.807, 2.05) is 0 Å². The predicted molar refractivity (Wildman–Crippen MR) is 329 cm³/mol. The van der Waals surface area contributed by atoms with E-state index in [-0.39, 0.29) is 18.5 Å². The first-order valence-electron chi connectivity index (χ1n) is 34.1. The number of unbranched alkanes of at least 4 members (excludes halogenated alkanes) is 49. The van der Waals surface area contributed by atoms with E-state index in [2.05, 4.69) is 43.5 Å². The zero-order valence-electron chi connectivity index (χ0n) is 50.8. The van der Waals surface area contributed by atoms with Crippen molar-refractivity contribution in [2.24, 2.45) is 0 Å². The van der Waals surface area contributed by atoms with Crippen LogP contribution < -0.4 is 5.32 Å². The molecule has 0 aromatic rings. The zero-order valence-corrected chi connectivity index (χ0v) is 50.8. The van der Waals surface area contributed by atoms with Crippen LogP contribution in [0.1, 0.15) is 380 Å². The maximum absolute atomic E-state index is 12.5. The molecular weight excluding hydrogens is 923 g/mol. The summed E-state index contributed by atoms with van der Waals surface area (Å²) >= 11 is 0. The van der Waals surface area contributed by atoms with Gasteiger partial charge >= 0.3 is 5.97 Å². The Balaban J connectivity index is 3.36. The number of esters is 1. The average molecular weight is 1060 g/mol. The smallest absolute Gasteiger partial charge is 0.305 e. The summed E-state index contributed by atoms with van der Waals surface area (Å²) in [4.78, 5) is 24.6. The van der Waals surface area contributed by atoms with Crippen LogP contribution in [0.15, 0.2) is 24.3 Å². The molecule has 3 N–H and O–H groups in total. The van der Waals surface area contributed by atoms with E-state index in [0.717, 1.165) is 44.9 Å². The van der Waals surface area contributed by atoms with Crippen molar-refractivity contribution in [1.29, 1.82) is 0 Å². The Morgan fingerprint density at radius 2 is 0.667 bits per heavy atom. The maximum Gasteiger partial charge on any atom is 0.305 e. The van der Waals surface area contributed by atoms with Gasteiger partial charge < -0.3 is 20.3 Å². The van der Waals surface area contributed by atoms with Crippen molar-refractivity contribution in [2.75, 3.05) is 13.2 Å². The molecule has 0 saturated heterocycles. The fraction of sp³-hybridized carbons (Fsp3) is 0.913. The number of allylic oxidation sites excluding steroid dienone is 4. The number of carbonyl (C=O) groups excluding carboxylic acids is 2. The van der Waals surface area contributed by atoms with Gasteiger partial charge in [0.2, 0.25) is 5.91 Å². The van der Waals surface area contributed by atoms with Crippen molar-refractivity contribution < 1.29 is 24.5 Å². The normalized spacial score (nSPS) is 12.6. The van der Waals surface area contributed by atoms with Gasteiger partial charge in [-0.2, -0.15) is 0 Å². The molecule has 444 valence electrons. The first-order valence-corrected chi connectivity index (χ1v) is 34.1. The van der Waals surface area contributed by atoms with Gasteiger partial charge in [0.05, 0.1) is 25.4 Å². The minimum absolute atomic E-state index is 0.0169. The predicted octanol–water partition coefficient (Wildman–Crippen LogP) is 21.8. The standard InChI is InChI=1S/C69H133NO5/c1-3-5-7-9-11-13-15-16-17-18-33-36-39-43-47-51-55-59-63-69(74)75-64-60-56-52-48-44-40-37-34-31-29-27-25-23-21-19-20-22-24-26-28-30-32-35-38-42-46-50-54-58-62-68(73)70-66(65-71)67(72)61-57-53-49-45-41-14-12-10-8-6-4-2/h19,21,25,27,66-67,71-72H,3-18,20,22-24,26,28-65H2,1-2H3,(H,70,73)/b21-19-,27-25-. The number of hydrogen-bond donors (Lipinski definition) is 3. The van der Waals surface area contributed by atoms with Crippen molar-refractivity contribution in [3.8, 4) is 0 Å². The molecular formula is C69H133NO5. The number of carbonyl (C=O) groups is 2. The van der Waals surface area contributed by atoms with Gasteiger partial charge in [0, 0.05) is 12.8 Å². The first-order chi connectivity index (χ1) is 37.0. The third-order valence-corrected chi connectivity index (χ3v) is 16.0. The number of aliphatic hydroxyl groups excluding tert-OH is 2. The number of rotatable bonds is 64. The summed E-state index contributed by atoms with van der Waals surface area (Å²) in [5, 5.41) is 23.2. The van der Waals surface area contributed by atoms with Gasteiger partial charge in [0.1, 0.15) is 0 Å². The van der Waals surface area contributed by atoms with Crippen LogP contribution in [0.2, 0.25) is 0 Å². The highest BCUT2D eigenvalue weighted by atomic mass is 16.5. The molecule has 0 fully saturated rings. The Labute approximate surface area is 469 Å². The summed E-state index contributed by atoms with van der Waals surface area (Å²) in [5.41, 5.74) is 0. The highest BCUT2D eigenvalue weighted by Gasteiger charge is 2.20. The Kier molecular flexibility index (Phi) is 63.4. The van der Waals surface area contributed by atoms with Crippen molar-refractivity contribution in [3.63, 3.8) is 0 Å². The summed E-state index contributed by atoms with van der Waals surface area (Å²) in [6.45, 7) is 4.97. The number of hydrogen-bond acceptors (Lipinski definition) is 5. The molecule has 0 aromatic carbocycles. The molecule has 0 saturated carbocycles. The van der Waals surface area contributed by atoms with Gasteiger partial charge in [-0.05, 0) is 57.8 Å². The molecule has 1 amide bonds.